The fourth-order valence-electron chi connectivity index (χ4n) is 2.39. The normalized spacial score (nSPS) is 41.8. The fourth-order valence-corrected chi connectivity index (χ4v) is 2.39. The fraction of sp³-hybridized carbons (Fsp3) is 0.818. The molecule has 2 rings (SSSR count). The molecule has 1 heterocycles. The first-order valence-corrected chi connectivity index (χ1v) is 5.04. The molecular weight excluding hydrogens is 148 g/mol. The van der Waals surface area contributed by atoms with Gasteiger partial charge in [0.05, 0.1) is 12.7 Å². The van der Waals surface area contributed by atoms with Crippen molar-refractivity contribution in [3.05, 3.63) is 11.6 Å². The lowest BCUT2D eigenvalue weighted by Gasteiger charge is -2.36. The quantitative estimate of drug-likeness (QED) is 0.503. The van der Waals surface area contributed by atoms with Crippen LogP contribution in [0.25, 0.3) is 0 Å². The molecule has 0 spiro atoms. The van der Waals surface area contributed by atoms with Crippen molar-refractivity contribution in [3.63, 3.8) is 0 Å². The number of hydrogen-bond donors (Lipinski definition) is 0. The van der Waals surface area contributed by atoms with E-state index in [4.69, 9.17) is 4.74 Å². The largest absolute Gasteiger partial charge is 0.373 e. The average Bonchev–Trinajstić information content (AvgIpc) is 2.05. The van der Waals surface area contributed by atoms with Crippen LogP contribution < -0.4 is 0 Å². The molecule has 12 heavy (non-hydrogen) atoms. The van der Waals surface area contributed by atoms with E-state index in [1.807, 2.05) is 0 Å². The lowest BCUT2D eigenvalue weighted by atomic mass is 9.79. The average molecular weight is 166 g/mol. The molecule has 0 saturated heterocycles. The van der Waals surface area contributed by atoms with E-state index in [-0.39, 0.29) is 0 Å². The Labute approximate surface area is 74.8 Å². The first kappa shape index (κ1) is 8.31. The summed E-state index contributed by atoms with van der Waals surface area (Å²) in [5, 5.41) is 0. The Morgan fingerprint density at radius 1 is 1.42 bits per heavy atom. The highest BCUT2D eigenvalue weighted by Gasteiger charge is 2.30. The Kier molecular flexibility index (Phi) is 2.22. The maximum absolute atomic E-state index is 5.80. The minimum atomic E-state index is 0.539. The van der Waals surface area contributed by atoms with Crippen molar-refractivity contribution in [1.29, 1.82) is 0 Å². The van der Waals surface area contributed by atoms with Crippen LogP contribution in [-0.2, 0) is 4.74 Å². The minimum Gasteiger partial charge on any atom is -0.373 e. The summed E-state index contributed by atoms with van der Waals surface area (Å²) in [5.74, 6) is 1.60. The van der Waals surface area contributed by atoms with Gasteiger partial charge in [0.15, 0.2) is 0 Å². The van der Waals surface area contributed by atoms with Gasteiger partial charge in [-0.1, -0.05) is 18.6 Å². The second kappa shape index (κ2) is 3.21. The molecule has 0 aromatic carbocycles. The predicted molar refractivity (Wildman–Crippen MR) is 50.0 cm³/mol. The summed E-state index contributed by atoms with van der Waals surface area (Å²) < 4.78 is 5.80. The van der Waals surface area contributed by atoms with Gasteiger partial charge in [0.2, 0.25) is 0 Å². The van der Waals surface area contributed by atoms with Gasteiger partial charge in [0.25, 0.3) is 0 Å². The van der Waals surface area contributed by atoms with Gasteiger partial charge in [-0.05, 0) is 32.1 Å². The maximum Gasteiger partial charge on any atom is 0.0678 e. The minimum absolute atomic E-state index is 0.539. The van der Waals surface area contributed by atoms with Gasteiger partial charge in [-0.3, -0.25) is 0 Å². The van der Waals surface area contributed by atoms with Gasteiger partial charge in [-0.25, -0.2) is 0 Å². The van der Waals surface area contributed by atoms with Crippen molar-refractivity contribution in [2.24, 2.45) is 11.8 Å². The van der Waals surface area contributed by atoms with Crippen LogP contribution in [0.5, 0.6) is 0 Å². The first-order valence-electron chi connectivity index (χ1n) is 5.04. The standard InChI is InChI=1S/C11H18O/c1-8-3-4-10-5-9(2)7-12-11(10)6-8/h5,8,10-11H,3-4,6-7H2,1-2H3. The van der Waals surface area contributed by atoms with E-state index in [1.165, 1.54) is 24.8 Å². The van der Waals surface area contributed by atoms with Gasteiger partial charge in [0.1, 0.15) is 0 Å². The number of hydrogen-bond acceptors (Lipinski definition) is 1. The molecule has 3 atom stereocenters. The second-order valence-electron chi connectivity index (χ2n) is 4.44. The molecule has 2 aliphatic rings. The summed E-state index contributed by atoms with van der Waals surface area (Å²) in [6.07, 6.45) is 6.96. The maximum atomic E-state index is 5.80. The van der Waals surface area contributed by atoms with Crippen LogP contribution >= 0.6 is 0 Å². The third-order valence-electron chi connectivity index (χ3n) is 3.13. The van der Waals surface area contributed by atoms with E-state index < -0.39 is 0 Å². The molecular formula is C11H18O. The van der Waals surface area contributed by atoms with Gasteiger partial charge in [-0.2, -0.15) is 0 Å². The van der Waals surface area contributed by atoms with Crippen LogP contribution in [-0.4, -0.2) is 12.7 Å². The van der Waals surface area contributed by atoms with Crippen LogP contribution in [0.2, 0.25) is 0 Å². The van der Waals surface area contributed by atoms with Gasteiger partial charge in [0, 0.05) is 5.92 Å². The number of fused-ring (bicyclic) bond motifs is 1. The van der Waals surface area contributed by atoms with Crippen molar-refractivity contribution in [1.82, 2.24) is 0 Å². The van der Waals surface area contributed by atoms with Crippen LogP contribution in [0, 0.1) is 11.8 Å². The highest BCUT2D eigenvalue weighted by atomic mass is 16.5. The van der Waals surface area contributed by atoms with E-state index in [0.29, 0.717) is 6.10 Å². The molecule has 0 aromatic heterocycles. The molecule has 0 bridgehead atoms. The molecule has 0 N–H and O–H groups in total. The van der Waals surface area contributed by atoms with Gasteiger partial charge in [-0.15, -0.1) is 0 Å². The molecule has 0 amide bonds. The van der Waals surface area contributed by atoms with Crippen molar-refractivity contribution in [2.75, 3.05) is 6.61 Å². The summed E-state index contributed by atoms with van der Waals surface area (Å²) in [7, 11) is 0. The van der Waals surface area contributed by atoms with Crippen molar-refractivity contribution in [2.45, 2.75) is 39.2 Å². The molecule has 68 valence electrons. The topological polar surface area (TPSA) is 9.23 Å². The smallest absolute Gasteiger partial charge is 0.0678 e. The molecule has 1 saturated carbocycles. The van der Waals surface area contributed by atoms with Crippen molar-refractivity contribution < 1.29 is 4.74 Å². The Morgan fingerprint density at radius 2 is 2.25 bits per heavy atom. The van der Waals surface area contributed by atoms with Gasteiger partial charge >= 0.3 is 0 Å². The van der Waals surface area contributed by atoms with Gasteiger partial charge < -0.3 is 4.74 Å². The molecule has 0 aromatic rings. The summed E-state index contributed by atoms with van der Waals surface area (Å²) >= 11 is 0. The molecule has 1 heteroatoms. The van der Waals surface area contributed by atoms with Crippen LogP contribution in [0.1, 0.15) is 33.1 Å². The molecule has 1 aliphatic carbocycles. The summed E-state index contributed by atoms with van der Waals surface area (Å²) in [6.45, 7) is 5.38. The lowest BCUT2D eigenvalue weighted by molar-refractivity contribution is -0.00882. The molecule has 1 aliphatic heterocycles. The SMILES string of the molecule is CC1=CC2CCC(C)CC2OC1. The molecule has 0 radical (unpaired) electrons. The second-order valence-corrected chi connectivity index (χ2v) is 4.44. The van der Waals surface area contributed by atoms with Crippen LogP contribution in [0.3, 0.4) is 0 Å². The molecule has 3 unspecified atom stereocenters. The highest BCUT2D eigenvalue weighted by Crippen LogP contribution is 2.34. The summed E-state index contributed by atoms with van der Waals surface area (Å²) in [4.78, 5) is 0. The zero-order valence-corrected chi connectivity index (χ0v) is 8.05. The zero-order valence-electron chi connectivity index (χ0n) is 8.05. The predicted octanol–water partition coefficient (Wildman–Crippen LogP) is 2.77. The van der Waals surface area contributed by atoms with Crippen LogP contribution in [0.15, 0.2) is 11.6 Å². The van der Waals surface area contributed by atoms with Crippen LogP contribution in [0.4, 0.5) is 0 Å². The Balaban J connectivity index is 2.05. The summed E-state index contributed by atoms with van der Waals surface area (Å²) in [6, 6.07) is 0. The molecule has 1 nitrogen and oxygen atoms in total. The van der Waals surface area contributed by atoms with Crippen molar-refractivity contribution >= 4 is 0 Å². The lowest BCUT2D eigenvalue weighted by Crippen LogP contribution is -2.33. The third-order valence-corrected chi connectivity index (χ3v) is 3.13. The Hall–Kier alpha value is -0.300. The van der Waals surface area contributed by atoms with Crippen molar-refractivity contribution in [3.8, 4) is 0 Å². The number of ether oxygens (including phenoxy) is 1. The monoisotopic (exact) mass is 166 g/mol. The molecule has 1 fully saturated rings. The number of rotatable bonds is 0. The Morgan fingerprint density at radius 3 is 3.08 bits per heavy atom. The van der Waals surface area contributed by atoms with E-state index in [2.05, 4.69) is 19.9 Å². The van der Waals surface area contributed by atoms with E-state index in [1.54, 1.807) is 0 Å². The zero-order chi connectivity index (χ0) is 8.55. The van der Waals surface area contributed by atoms with E-state index in [0.717, 1.165) is 18.4 Å². The third kappa shape index (κ3) is 1.56. The highest BCUT2D eigenvalue weighted by molar-refractivity contribution is 5.08. The van der Waals surface area contributed by atoms with E-state index in [9.17, 15) is 0 Å². The Bertz CT molecular complexity index is 195. The van der Waals surface area contributed by atoms with E-state index >= 15 is 0 Å². The first-order chi connectivity index (χ1) is 5.75. The summed E-state index contributed by atoms with van der Waals surface area (Å²) in [5.41, 5.74) is 1.42.